The first-order chi connectivity index (χ1) is 16.9. The standard InChI is InChI=1S/C27H27ClN4O3/c1-15-9-23-24(10-16(15)2)32-26(31-23)21-8-5-18(12-22(21)28)19-13-29-27(30-14-19)35-20-6-3-17(4-7-20)11-25(33)34/h5,8-10,12-14,17,20H,3-4,6-7,11H2,1-2H3,(H,31,32)(H,33,34). The first kappa shape index (κ1) is 23.3. The molecule has 7 nitrogen and oxygen atoms in total. The number of carboxylic acid groups (broad SMARTS) is 1. The van der Waals surface area contributed by atoms with Gasteiger partial charge in [0, 0.05) is 29.9 Å². The van der Waals surface area contributed by atoms with Crippen LogP contribution in [-0.2, 0) is 4.79 Å². The Balaban J connectivity index is 1.27. The highest BCUT2D eigenvalue weighted by molar-refractivity contribution is 6.33. The molecule has 2 aromatic carbocycles. The molecule has 0 unspecified atom stereocenters. The lowest BCUT2D eigenvalue weighted by Gasteiger charge is -2.27. The van der Waals surface area contributed by atoms with E-state index in [1.165, 1.54) is 11.1 Å². The van der Waals surface area contributed by atoms with Crippen LogP contribution in [0.3, 0.4) is 0 Å². The molecule has 0 amide bonds. The van der Waals surface area contributed by atoms with E-state index in [-0.39, 0.29) is 18.4 Å². The molecule has 0 radical (unpaired) electrons. The minimum Gasteiger partial charge on any atom is -0.481 e. The number of carboxylic acids is 1. The van der Waals surface area contributed by atoms with Crippen LogP contribution in [0.25, 0.3) is 33.5 Å². The van der Waals surface area contributed by atoms with Crippen LogP contribution in [0.15, 0.2) is 42.7 Å². The number of carbonyl (C=O) groups is 1. The maximum absolute atomic E-state index is 10.9. The number of imidazole rings is 1. The van der Waals surface area contributed by atoms with E-state index >= 15 is 0 Å². The third kappa shape index (κ3) is 5.15. The number of hydrogen-bond donors (Lipinski definition) is 2. The van der Waals surface area contributed by atoms with Crippen molar-refractivity contribution in [3.05, 3.63) is 58.9 Å². The van der Waals surface area contributed by atoms with Crippen molar-refractivity contribution in [3.8, 4) is 28.5 Å². The van der Waals surface area contributed by atoms with Crippen LogP contribution >= 0.6 is 11.6 Å². The number of aromatic nitrogens is 4. The van der Waals surface area contributed by atoms with E-state index in [2.05, 4.69) is 40.9 Å². The van der Waals surface area contributed by atoms with Gasteiger partial charge < -0.3 is 14.8 Å². The summed E-state index contributed by atoms with van der Waals surface area (Å²) in [5, 5.41) is 9.55. The molecular formula is C27H27ClN4O3. The maximum Gasteiger partial charge on any atom is 0.316 e. The number of aryl methyl sites for hydroxylation is 2. The molecule has 4 aromatic rings. The van der Waals surface area contributed by atoms with Gasteiger partial charge in [0.05, 0.1) is 16.1 Å². The number of aromatic amines is 1. The highest BCUT2D eigenvalue weighted by atomic mass is 35.5. The molecule has 1 fully saturated rings. The van der Waals surface area contributed by atoms with Crippen LogP contribution in [0.2, 0.25) is 5.02 Å². The molecule has 0 spiro atoms. The van der Waals surface area contributed by atoms with Crippen molar-refractivity contribution >= 4 is 28.6 Å². The molecule has 2 heterocycles. The Morgan fingerprint density at radius 1 is 1.06 bits per heavy atom. The van der Waals surface area contributed by atoms with Gasteiger partial charge in [0.2, 0.25) is 0 Å². The van der Waals surface area contributed by atoms with Crippen LogP contribution in [0, 0.1) is 19.8 Å². The lowest BCUT2D eigenvalue weighted by atomic mass is 9.85. The molecule has 0 atom stereocenters. The summed E-state index contributed by atoms with van der Waals surface area (Å²) in [6.07, 6.45) is 7.06. The van der Waals surface area contributed by atoms with Crippen LogP contribution in [-0.4, -0.2) is 37.1 Å². The van der Waals surface area contributed by atoms with Crippen LogP contribution < -0.4 is 4.74 Å². The number of fused-ring (bicyclic) bond motifs is 1. The van der Waals surface area contributed by atoms with Crippen LogP contribution in [0.1, 0.15) is 43.2 Å². The van der Waals surface area contributed by atoms with E-state index < -0.39 is 5.97 Å². The molecule has 2 aromatic heterocycles. The quantitative estimate of drug-likeness (QED) is 0.325. The van der Waals surface area contributed by atoms with Crippen molar-refractivity contribution in [1.29, 1.82) is 0 Å². The number of ether oxygens (including phenoxy) is 1. The lowest BCUT2D eigenvalue weighted by Crippen LogP contribution is -2.25. The number of nitrogens with zero attached hydrogens (tertiary/aromatic N) is 3. The highest BCUT2D eigenvalue weighted by Crippen LogP contribution is 2.33. The van der Waals surface area contributed by atoms with Gasteiger partial charge in [-0.2, -0.15) is 0 Å². The molecular weight excluding hydrogens is 464 g/mol. The Hall–Kier alpha value is -3.45. The van der Waals surface area contributed by atoms with Crippen molar-refractivity contribution in [2.45, 2.75) is 52.1 Å². The first-order valence-electron chi connectivity index (χ1n) is 11.8. The molecule has 0 saturated heterocycles. The van der Waals surface area contributed by atoms with Crippen molar-refractivity contribution in [3.63, 3.8) is 0 Å². The molecule has 1 aliphatic carbocycles. The Labute approximate surface area is 208 Å². The van der Waals surface area contributed by atoms with Gasteiger partial charge >= 0.3 is 12.0 Å². The van der Waals surface area contributed by atoms with Gasteiger partial charge in [0.25, 0.3) is 0 Å². The zero-order chi connectivity index (χ0) is 24.5. The summed E-state index contributed by atoms with van der Waals surface area (Å²) < 4.78 is 5.94. The minimum absolute atomic E-state index is 0.0241. The number of rotatable bonds is 6. The van der Waals surface area contributed by atoms with Crippen LogP contribution in [0.4, 0.5) is 0 Å². The average Bonchev–Trinajstić information content (AvgIpc) is 3.23. The van der Waals surface area contributed by atoms with E-state index in [4.69, 9.17) is 26.4 Å². The Bertz CT molecular complexity index is 1340. The van der Waals surface area contributed by atoms with E-state index in [0.29, 0.717) is 11.0 Å². The number of nitrogens with one attached hydrogen (secondary N) is 1. The molecule has 5 rings (SSSR count). The maximum atomic E-state index is 10.9. The van der Waals surface area contributed by atoms with Gasteiger partial charge in [-0.15, -0.1) is 0 Å². The van der Waals surface area contributed by atoms with Crippen molar-refractivity contribution in [1.82, 2.24) is 19.9 Å². The minimum atomic E-state index is -0.732. The fraction of sp³-hybridized carbons (Fsp3) is 0.333. The topological polar surface area (TPSA) is 101 Å². The summed E-state index contributed by atoms with van der Waals surface area (Å²) in [5.41, 5.74) is 6.91. The first-order valence-corrected chi connectivity index (χ1v) is 12.2. The predicted octanol–water partition coefficient (Wildman–Crippen LogP) is 6.37. The van der Waals surface area contributed by atoms with Gasteiger partial charge in [-0.05, 0) is 86.4 Å². The lowest BCUT2D eigenvalue weighted by molar-refractivity contribution is -0.138. The molecule has 2 N–H and O–H groups in total. The number of hydrogen-bond acceptors (Lipinski definition) is 5. The predicted molar refractivity (Wildman–Crippen MR) is 136 cm³/mol. The summed E-state index contributed by atoms with van der Waals surface area (Å²) in [5.74, 6) is 0.236. The monoisotopic (exact) mass is 490 g/mol. The van der Waals surface area contributed by atoms with E-state index in [0.717, 1.165) is 59.2 Å². The summed E-state index contributed by atoms with van der Waals surface area (Å²) in [6.45, 7) is 4.17. The smallest absolute Gasteiger partial charge is 0.316 e. The van der Waals surface area contributed by atoms with Gasteiger partial charge in [-0.25, -0.2) is 15.0 Å². The van der Waals surface area contributed by atoms with Crippen molar-refractivity contribution in [2.24, 2.45) is 5.92 Å². The molecule has 8 heteroatoms. The van der Waals surface area contributed by atoms with Crippen LogP contribution in [0.5, 0.6) is 6.01 Å². The van der Waals surface area contributed by atoms with Gasteiger partial charge in [0.1, 0.15) is 11.9 Å². The van der Waals surface area contributed by atoms with Gasteiger partial charge in [-0.3, -0.25) is 4.79 Å². The average molecular weight is 491 g/mol. The second-order valence-electron chi connectivity index (χ2n) is 9.35. The SMILES string of the molecule is Cc1cc2nc(-c3ccc(-c4cnc(OC5CCC(CC(=O)O)CC5)nc4)cc3Cl)[nH]c2cc1C. The summed E-state index contributed by atoms with van der Waals surface area (Å²) in [6, 6.07) is 10.3. The number of benzene rings is 2. The molecule has 35 heavy (non-hydrogen) atoms. The number of halogens is 1. The second-order valence-corrected chi connectivity index (χ2v) is 9.75. The third-order valence-electron chi connectivity index (χ3n) is 6.81. The largest absolute Gasteiger partial charge is 0.481 e. The fourth-order valence-electron chi connectivity index (χ4n) is 4.66. The van der Waals surface area contributed by atoms with Crippen molar-refractivity contribution in [2.75, 3.05) is 0 Å². The zero-order valence-electron chi connectivity index (χ0n) is 19.7. The Kier molecular flexibility index (Phi) is 6.43. The van der Waals surface area contributed by atoms with Gasteiger partial charge in [-0.1, -0.05) is 17.7 Å². The van der Waals surface area contributed by atoms with E-state index in [1.807, 2.05) is 18.2 Å². The molecule has 180 valence electrons. The van der Waals surface area contributed by atoms with E-state index in [1.54, 1.807) is 12.4 Å². The summed E-state index contributed by atoms with van der Waals surface area (Å²) in [4.78, 5) is 27.8. The molecule has 0 aliphatic heterocycles. The second kappa shape index (κ2) is 9.66. The molecule has 1 aliphatic rings. The Morgan fingerprint density at radius 2 is 1.77 bits per heavy atom. The molecule has 1 saturated carbocycles. The number of aliphatic carboxylic acids is 1. The summed E-state index contributed by atoms with van der Waals surface area (Å²) in [7, 11) is 0. The molecule has 0 bridgehead atoms. The zero-order valence-corrected chi connectivity index (χ0v) is 20.5. The number of H-pyrrole nitrogens is 1. The van der Waals surface area contributed by atoms with Crippen molar-refractivity contribution < 1.29 is 14.6 Å². The Morgan fingerprint density at radius 3 is 2.46 bits per heavy atom. The normalized spacial score (nSPS) is 18.0. The highest BCUT2D eigenvalue weighted by Gasteiger charge is 2.24. The fourth-order valence-corrected chi connectivity index (χ4v) is 4.93. The van der Waals surface area contributed by atoms with E-state index in [9.17, 15) is 4.79 Å². The summed E-state index contributed by atoms with van der Waals surface area (Å²) >= 11 is 6.65. The van der Waals surface area contributed by atoms with Gasteiger partial charge in [0.15, 0.2) is 0 Å². The third-order valence-corrected chi connectivity index (χ3v) is 7.12.